The highest BCUT2D eigenvalue weighted by Crippen LogP contribution is 2.32. The van der Waals surface area contributed by atoms with Gasteiger partial charge in [-0.15, -0.1) is 0 Å². The number of hydrogen-bond acceptors (Lipinski definition) is 4. The second-order valence-electron chi connectivity index (χ2n) is 9.15. The normalized spacial score (nSPS) is 13.5. The van der Waals surface area contributed by atoms with Gasteiger partial charge in [0.1, 0.15) is 29.6 Å². The lowest BCUT2D eigenvalue weighted by Gasteiger charge is -2.21. The van der Waals surface area contributed by atoms with Crippen LogP contribution in [0, 0.1) is 6.92 Å². The predicted octanol–water partition coefficient (Wildman–Crippen LogP) is 5.56. The predicted molar refractivity (Wildman–Crippen MR) is 141 cm³/mol. The van der Waals surface area contributed by atoms with Crippen LogP contribution in [0.1, 0.15) is 28.8 Å². The number of nitrogens with zero attached hydrogens (tertiary/aromatic N) is 3. The van der Waals surface area contributed by atoms with Gasteiger partial charge in [0.25, 0.3) is 5.91 Å². The lowest BCUT2D eigenvalue weighted by molar-refractivity contribution is 0.0723. The van der Waals surface area contributed by atoms with Gasteiger partial charge in [-0.05, 0) is 67.4 Å². The van der Waals surface area contributed by atoms with E-state index in [-0.39, 0.29) is 5.91 Å². The van der Waals surface area contributed by atoms with E-state index in [1.807, 2.05) is 48.2 Å². The molecule has 7 heteroatoms. The third kappa shape index (κ3) is 3.77. The summed E-state index contributed by atoms with van der Waals surface area (Å²) >= 11 is 0. The molecule has 0 fully saturated rings. The second kappa shape index (κ2) is 8.75. The van der Waals surface area contributed by atoms with Crippen molar-refractivity contribution in [3.63, 3.8) is 0 Å². The molecule has 182 valence electrons. The van der Waals surface area contributed by atoms with E-state index in [9.17, 15) is 4.79 Å². The zero-order valence-corrected chi connectivity index (χ0v) is 20.7. The summed E-state index contributed by atoms with van der Waals surface area (Å²) in [6.07, 6.45) is 0. The molecule has 6 rings (SSSR count). The number of benzene rings is 3. The molecule has 0 spiro atoms. The Morgan fingerprint density at radius 2 is 1.92 bits per heavy atom. The fourth-order valence-electron chi connectivity index (χ4n) is 5.11. The Morgan fingerprint density at radius 3 is 2.75 bits per heavy atom. The van der Waals surface area contributed by atoms with Gasteiger partial charge in [0, 0.05) is 30.1 Å². The molecular weight excluding hydrogens is 452 g/mol. The Bertz CT molecular complexity index is 1610. The zero-order chi connectivity index (χ0) is 24.8. The highest BCUT2D eigenvalue weighted by Gasteiger charge is 2.25. The van der Waals surface area contributed by atoms with E-state index in [0.717, 1.165) is 56.0 Å². The van der Waals surface area contributed by atoms with Crippen molar-refractivity contribution in [1.29, 1.82) is 0 Å². The number of carbonyl (C=O) groups is 1. The van der Waals surface area contributed by atoms with Crippen LogP contribution in [0.15, 0.2) is 60.7 Å². The summed E-state index contributed by atoms with van der Waals surface area (Å²) in [4.78, 5) is 23.5. The highest BCUT2D eigenvalue weighted by atomic mass is 16.5. The Balaban J connectivity index is 1.34. The summed E-state index contributed by atoms with van der Waals surface area (Å²) in [6, 6.07) is 20.3. The van der Waals surface area contributed by atoms with E-state index in [2.05, 4.69) is 45.7 Å². The van der Waals surface area contributed by atoms with Crippen molar-refractivity contribution in [1.82, 2.24) is 19.4 Å². The van der Waals surface area contributed by atoms with Crippen molar-refractivity contribution in [3.8, 4) is 22.6 Å². The molecular formula is C29H28N4O3. The monoisotopic (exact) mass is 480 g/mol. The fraction of sp³-hybridized carbons (Fsp3) is 0.241. The molecule has 5 aromatic rings. The van der Waals surface area contributed by atoms with E-state index in [4.69, 9.17) is 9.47 Å². The third-order valence-corrected chi connectivity index (χ3v) is 6.91. The first kappa shape index (κ1) is 22.2. The molecule has 36 heavy (non-hydrogen) atoms. The molecule has 1 amide bonds. The van der Waals surface area contributed by atoms with Crippen LogP contribution >= 0.6 is 0 Å². The Morgan fingerprint density at radius 1 is 1.08 bits per heavy atom. The number of amides is 1. The number of aromatic nitrogens is 3. The van der Waals surface area contributed by atoms with Crippen LogP contribution in [0.2, 0.25) is 0 Å². The van der Waals surface area contributed by atoms with Gasteiger partial charge in [0.05, 0.1) is 30.2 Å². The van der Waals surface area contributed by atoms with Gasteiger partial charge in [-0.25, -0.2) is 4.98 Å². The molecule has 0 bridgehead atoms. The third-order valence-electron chi connectivity index (χ3n) is 6.91. The average molecular weight is 481 g/mol. The maximum atomic E-state index is 13.8. The van der Waals surface area contributed by atoms with Crippen LogP contribution in [0.5, 0.6) is 11.5 Å². The molecule has 3 aromatic carbocycles. The molecule has 1 N–H and O–H groups in total. The number of hydrogen-bond donors (Lipinski definition) is 1. The van der Waals surface area contributed by atoms with Crippen LogP contribution in [-0.4, -0.2) is 45.6 Å². The molecule has 0 unspecified atom stereocenters. The van der Waals surface area contributed by atoms with Gasteiger partial charge >= 0.3 is 0 Å². The first-order valence-corrected chi connectivity index (χ1v) is 12.2. The molecule has 2 aromatic heterocycles. The van der Waals surface area contributed by atoms with E-state index in [1.165, 1.54) is 0 Å². The van der Waals surface area contributed by atoms with Crippen LogP contribution in [0.25, 0.3) is 33.1 Å². The van der Waals surface area contributed by atoms with Crippen LogP contribution in [0.4, 0.5) is 0 Å². The van der Waals surface area contributed by atoms with Gasteiger partial charge in [-0.3, -0.25) is 4.79 Å². The van der Waals surface area contributed by atoms with Crippen molar-refractivity contribution in [2.24, 2.45) is 0 Å². The number of methoxy groups -OCH3 is 1. The summed E-state index contributed by atoms with van der Waals surface area (Å²) in [6.45, 7) is 6.18. The Hall–Kier alpha value is -4.26. The lowest BCUT2D eigenvalue weighted by Crippen LogP contribution is -2.33. The topological polar surface area (TPSA) is 72.4 Å². The van der Waals surface area contributed by atoms with Crippen LogP contribution < -0.4 is 9.47 Å². The van der Waals surface area contributed by atoms with Crippen molar-refractivity contribution >= 4 is 27.8 Å². The number of aryl methyl sites for hydroxylation is 2. The van der Waals surface area contributed by atoms with E-state index in [0.29, 0.717) is 31.9 Å². The minimum absolute atomic E-state index is 0.00299. The van der Waals surface area contributed by atoms with Gasteiger partial charge in [0.2, 0.25) is 0 Å². The summed E-state index contributed by atoms with van der Waals surface area (Å²) in [5.74, 6) is 2.51. The first-order valence-electron chi connectivity index (χ1n) is 12.2. The smallest absolute Gasteiger partial charge is 0.270 e. The number of fused-ring (bicyclic) bond motifs is 3. The SMILES string of the molecule is CCn1c(C(=O)N2CCOc3ccc(-c4ccc5nc(C)[nH]c5c4)cc3C2)cc2ccc(OC)cc21. The number of rotatable bonds is 4. The summed E-state index contributed by atoms with van der Waals surface area (Å²) in [7, 11) is 1.66. The minimum atomic E-state index is 0.00299. The van der Waals surface area contributed by atoms with Crippen LogP contribution in [-0.2, 0) is 13.1 Å². The largest absolute Gasteiger partial charge is 0.497 e. The first-order chi connectivity index (χ1) is 17.5. The van der Waals surface area contributed by atoms with Gasteiger partial charge in [0.15, 0.2) is 0 Å². The molecule has 0 saturated carbocycles. The van der Waals surface area contributed by atoms with Crippen molar-refractivity contribution in [3.05, 3.63) is 77.7 Å². The number of imidazole rings is 1. The standard InChI is InChI=1S/C29H28N4O3/c1-4-33-26-16-23(35-3)8-5-21(26)15-27(33)29(34)32-11-12-36-28-10-7-19(13-22(28)17-32)20-6-9-24-25(14-20)31-18(2)30-24/h5-10,13-16H,4,11-12,17H2,1-3H3,(H,30,31). The lowest BCUT2D eigenvalue weighted by atomic mass is 10.0. The zero-order valence-electron chi connectivity index (χ0n) is 20.7. The minimum Gasteiger partial charge on any atom is -0.497 e. The van der Waals surface area contributed by atoms with Crippen molar-refractivity contribution in [2.75, 3.05) is 20.3 Å². The quantitative estimate of drug-likeness (QED) is 0.366. The molecule has 1 aliphatic rings. The van der Waals surface area contributed by atoms with Gasteiger partial charge in [-0.2, -0.15) is 0 Å². The molecule has 7 nitrogen and oxygen atoms in total. The average Bonchev–Trinajstić information content (AvgIpc) is 3.38. The van der Waals surface area contributed by atoms with Crippen molar-refractivity contribution in [2.45, 2.75) is 26.9 Å². The fourth-order valence-corrected chi connectivity index (χ4v) is 5.11. The molecule has 0 aliphatic carbocycles. The second-order valence-corrected chi connectivity index (χ2v) is 9.15. The number of H-pyrrole nitrogens is 1. The Kier molecular flexibility index (Phi) is 5.40. The molecule has 0 atom stereocenters. The Labute approximate surface area is 209 Å². The van der Waals surface area contributed by atoms with Gasteiger partial charge in [-0.1, -0.05) is 12.1 Å². The van der Waals surface area contributed by atoms with Crippen molar-refractivity contribution < 1.29 is 14.3 Å². The summed E-state index contributed by atoms with van der Waals surface area (Å²) in [5, 5.41) is 1.03. The molecule has 0 saturated heterocycles. The summed E-state index contributed by atoms with van der Waals surface area (Å²) < 4.78 is 13.5. The summed E-state index contributed by atoms with van der Waals surface area (Å²) in [5.41, 5.74) is 6.82. The number of carbonyl (C=O) groups excluding carboxylic acids is 1. The number of aromatic amines is 1. The van der Waals surface area contributed by atoms with E-state index < -0.39 is 0 Å². The maximum Gasteiger partial charge on any atom is 0.270 e. The number of nitrogens with one attached hydrogen (secondary N) is 1. The molecule has 0 radical (unpaired) electrons. The van der Waals surface area contributed by atoms with E-state index >= 15 is 0 Å². The highest BCUT2D eigenvalue weighted by molar-refractivity contribution is 5.99. The molecule has 3 heterocycles. The molecule has 1 aliphatic heterocycles. The maximum absolute atomic E-state index is 13.8. The van der Waals surface area contributed by atoms with Gasteiger partial charge < -0.3 is 23.9 Å². The van der Waals surface area contributed by atoms with Crippen LogP contribution in [0.3, 0.4) is 0 Å². The van der Waals surface area contributed by atoms with E-state index in [1.54, 1.807) is 7.11 Å². The number of ether oxygens (including phenoxy) is 2.